The first-order valence-corrected chi connectivity index (χ1v) is 10.1. The molecule has 0 radical (unpaired) electrons. The molecule has 2 heterocycles. The van der Waals surface area contributed by atoms with E-state index < -0.39 is 0 Å². The first-order valence-electron chi connectivity index (χ1n) is 10.1. The van der Waals surface area contributed by atoms with Gasteiger partial charge in [0.25, 0.3) is 5.91 Å². The lowest BCUT2D eigenvalue weighted by molar-refractivity contribution is 0.102. The molecule has 0 atom stereocenters. The van der Waals surface area contributed by atoms with Gasteiger partial charge in [0.15, 0.2) is 5.76 Å². The van der Waals surface area contributed by atoms with E-state index in [-0.39, 0.29) is 5.91 Å². The molecule has 0 saturated heterocycles. The molecule has 0 aliphatic heterocycles. The number of fused-ring (bicyclic) bond motifs is 2. The molecule has 5 heteroatoms. The molecule has 5 nitrogen and oxygen atoms in total. The number of anilines is 1. The first-order chi connectivity index (χ1) is 15.2. The zero-order valence-corrected chi connectivity index (χ0v) is 17.0. The summed E-state index contributed by atoms with van der Waals surface area (Å²) in [5.41, 5.74) is 3.37. The van der Waals surface area contributed by atoms with E-state index in [2.05, 4.69) is 5.32 Å². The highest BCUT2D eigenvalue weighted by atomic mass is 16.5. The monoisotopic (exact) mass is 408 g/mol. The summed E-state index contributed by atoms with van der Waals surface area (Å²) in [5, 5.41) is 4.75. The lowest BCUT2D eigenvalue weighted by Crippen LogP contribution is -2.13. The van der Waals surface area contributed by atoms with Crippen LogP contribution in [0.2, 0.25) is 0 Å². The fourth-order valence-corrected chi connectivity index (χ4v) is 3.60. The molecule has 0 aliphatic carbocycles. The van der Waals surface area contributed by atoms with Crippen molar-refractivity contribution in [1.29, 1.82) is 0 Å². The Morgan fingerprint density at radius 2 is 1.74 bits per heavy atom. The van der Waals surface area contributed by atoms with E-state index in [0.717, 1.165) is 27.6 Å². The summed E-state index contributed by atoms with van der Waals surface area (Å²) in [6.07, 6.45) is 0. The molecule has 0 saturated carbocycles. The topological polar surface area (TPSA) is 64.4 Å². The molecule has 1 N–H and O–H groups in total. The normalized spacial score (nSPS) is 11.0. The smallest absolute Gasteiger partial charge is 0.256 e. The highest BCUT2D eigenvalue weighted by Crippen LogP contribution is 2.30. The lowest BCUT2D eigenvalue weighted by atomic mass is 10.1. The average molecular weight is 408 g/mol. The van der Waals surface area contributed by atoms with Crippen LogP contribution in [0.25, 0.3) is 33.3 Å². The van der Waals surface area contributed by atoms with Crippen LogP contribution in [0, 0.1) is 0 Å². The highest BCUT2D eigenvalue weighted by Gasteiger charge is 2.16. The second-order valence-corrected chi connectivity index (χ2v) is 7.13. The minimum absolute atomic E-state index is 0.208. The predicted octanol–water partition coefficient (Wildman–Crippen LogP) is 6.30. The van der Waals surface area contributed by atoms with E-state index in [1.807, 2.05) is 85.8 Å². The number of rotatable bonds is 5. The number of amides is 1. The number of carbonyl (C=O) groups is 1. The zero-order chi connectivity index (χ0) is 21.2. The van der Waals surface area contributed by atoms with Crippen molar-refractivity contribution in [3.8, 4) is 17.2 Å². The van der Waals surface area contributed by atoms with Crippen LogP contribution >= 0.6 is 0 Å². The van der Waals surface area contributed by atoms with E-state index >= 15 is 0 Å². The largest absolute Gasteiger partial charge is 0.494 e. The number of nitrogens with one attached hydrogen (secondary N) is 1. The predicted molar refractivity (Wildman–Crippen MR) is 123 cm³/mol. The Kier molecular flexibility index (Phi) is 4.84. The molecule has 0 spiro atoms. The molecule has 0 fully saturated rings. The Bertz CT molecular complexity index is 1350. The molecule has 5 aromatic rings. The van der Waals surface area contributed by atoms with Gasteiger partial charge in [0.05, 0.1) is 17.7 Å². The number of ether oxygens (including phenoxy) is 1. The molecule has 0 unspecified atom stereocenters. The summed E-state index contributed by atoms with van der Waals surface area (Å²) in [5.74, 6) is 1.18. The van der Waals surface area contributed by atoms with Gasteiger partial charge in [-0.05, 0) is 55.5 Å². The Hall–Kier alpha value is -4.12. The molecule has 2 aromatic heterocycles. The molecular weight excluding hydrogens is 388 g/mol. The van der Waals surface area contributed by atoms with Crippen LogP contribution in [0.5, 0.6) is 5.75 Å². The van der Waals surface area contributed by atoms with Gasteiger partial charge in [0, 0.05) is 16.5 Å². The third-order valence-electron chi connectivity index (χ3n) is 5.06. The Morgan fingerprint density at radius 1 is 0.968 bits per heavy atom. The van der Waals surface area contributed by atoms with Crippen molar-refractivity contribution in [3.63, 3.8) is 0 Å². The van der Waals surface area contributed by atoms with E-state index in [9.17, 15) is 4.79 Å². The second-order valence-electron chi connectivity index (χ2n) is 7.13. The Balaban J connectivity index is 1.54. The van der Waals surface area contributed by atoms with Crippen molar-refractivity contribution in [2.24, 2.45) is 0 Å². The number of hydrogen-bond acceptors (Lipinski definition) is 4. The van der Waals surface area contributed by atoms with Gasteiger partial charge in [-0.2, -0.15) is 0 Å². The van der Waals surface area contributed by atoms with Crippen LogP contribution < -0.4 is 10.1 Å². The zero-order valence-electron chi connectivity index (χ0n) is 17.0. The number of hydrogen-bond donors (Lipinski definition) is 1. The van der Waals surface area contributed by atoms with E-state index in [1.165, 1.54) is 0 Å². The van der Waals surface area contributed by atoms with E-state index in [0.29, 0.717) is 29.3 Å². The Morgan fingerprint density at radius 3 is 2.55 bits per heavy atom. The fraction of sp³-hybridized carbons (Fsp3) is 0.0769. The van der Waals surface area contributed by atoms with Gasteiger partial charge < -0.3 is 14.5 Å². The molecule has 3 aromatic carbocycles. The number of furan rings is 1. The fourth-order valence-electron chi connectivity index (χ4n) is 3.60. The summed E-state index contributed by atoms with van der Waals surface area (Å²) in [7, 11) is 0. The van der Waals surface area contributed by atoms with Gasteiger partial charge in [-0.3, -0.25) is 4.79 Å². The summed E-state index contributed by atoms with van der Waals surface area (Å²) in [6, 6.07) is 26.5. The van der Waals surface area contributed by atoms with E-state index in [1.54, 1.807) is 6.07 Å². The SMILES string of the molecule is CCOc1ccc(NC(=O)c2cc(-c3cc4ccccc4o3)nc3ccccc23)cc1. The molecule has 0 bridgehead atoms. The number of para-hydroxylation sites is 2. The molecule has 5 rings (SSSR count). The summed E-state index contributed by atoms with van der Waals surface area (Å²) in [6.45, 7) is 2.53. The van der Waals surface area contributed by atoms with Crippen molar-refractivity contribution in [2.45, 2.75) is 6.92 Å². The van der Waals surface area contributed by atoms with Crippen LogP contribution in [0.4, 0.5) is 5.69 Å². The summed E-state index contributed by atoms with van der Waals surface area (Å²) < 4.78 is 11.5. The third-order valence-corrected chi connectivity index (χ3v) is 5.06. The third kappa shape index (κ3) is 3.73. The number of aromatic nitrogens is 1. The number of nitrogens with zero attached hydrogens (tertiary/aromatic N) is 1. The number of benzene rings is 3. The van der Waals surface area contributed by atoms with Gasteiger partial charge in [0.2, 0.25) is 0 Å². The average Bonchev–Trinajstić information content (AvgIpc) is 3.24. The highest BCUT2D eigenvalue weighted by molar-refractivity contribution is 6.13. The molecule has 31 heavy (non-hydrogen) atoms. The van der Waals surface area contributed by atoms with Gasteiger partial charge in [-0.15, -0.1) is 0 Å². The van der Waals surface area contributed by atoms with Crippen molar-refractivity contribution < 1.29 is 13.9 Å². The standard InChI is InChI=1S/C26H20N2O3/c1-2-30-19-13-11-18(12-14-19)27-26(29)21-16-23(28-22-9-5-4-8-20(21)22)25-15-17-7-3-6-10-24(17)31-25/h3-16H,2H2,1H3,(H,27,29). The van der Waals surface area contributed by atoms with Gasteiger partial charge in [-0.1, -0.05) is 36.4 Å². The number of pyridine rings is 1. The van der Waals surface area contributed by atoms with Crippen molar-refractivity contribution >= 4 is 33.5 Å². The molecular formula is C26H20N2O3. The van der Waals surface area contributed by atoms with Gasteiger partial charge >= 0.3 is 0 Å². The molecule has 0 aliphatic rings. The van der Waals surface area contributed by atoms with Gasteiger partial charge in [-0.25, -0.2) is 4.98 Å². The Labute approximate surface area is 179 Å². The first kappa shape index (κ1) is 18.9. The van der Waals surface area contributed by atoms with Crippen molar-refractivity contribution in [1.82, 2.24) is 4.98 Å². The quantitative estimate of drug-likeness (QED) is 0.371. The van der Waals surface area contributed by atoms with Crippen LogP contribution in [-0.4, -0.2) is 17.5 Å². The van der Waals surface area contributed by atoms with E-state index in [4.69, 9.17) is 14.1 Å². The van der Waals surface area contributed by atoms with Crippen LogP contribution in [0.1, 0.15) is 17.3 Å². The number of carbonyl (C=O) groups excluding carboxylic acids is 1. The molecule has 152 valence electrons. The molecule has 1 amide bonds. The summed E-state index contributed by atoms with van der Waals surface area (Å²) in [4.78, 5) is 17.9. The van der Waals surface area contributed by atoms with Crippen LogP contribution in [-0.2, 0) is 0 Å². The van der Waals surface area contributed by atoms with Gasteiger partial charge in [0.1, 0.15) is 17.0 Å². The van der Waals surface area contributed by atoms with Crippen LogP contribution in [0.15, 0.2) is 89.3 Å². The summed E-state index contributed by atoms with van der Waals surface area (Å²) >= 11 is 0. The maximum atomic E-state index is 13.2. The maximum Gasteiger partial charge on any atom is 0.256 e. The van der Waals surface area contributed by atoms with Crippen LogP contribution in [0.3, 0.4) is 0 Å². The maximum absolute atomic E-state index is 13.2. The second kappa shape index (κ2) is 7.95. The lowest BCUT2D eigenvalue weighted by Gasteiger charge is -2.10. The minimum Gasteiger partial charge on any atom is -0.494 e. The van der Waals surface area contributed by atoms with Crippen molar-refractivity contribution in [3.05, 3.63) is 90.5 Å². The van der Waals surface area contributed by atoms with Crippen molar-refractivity contribution in [2.75, 3.05) is 11.9 Å². The minimum atomic E-state index is -0.208.